The molecule has 0 radical (unpaired) electrons. The van der Waals surface area contributed by atoms with Gasteiger partial charge in [-0.05, 0) is 36.8 Å². The number of nitrogens with zero attached hydrogens (tertiary/aromatic N) is 4. The summed E-state index contributed by atoms with van der Waals surface area (Å²) in [6.45, 7) is 3.08. The summed E-state index contributed by atoms with van der Waals surface area (Å²) in [5, 5.41) is 7.50. The molecule has 2 heterocycles. The van der Waals surface area contributed by atoms with Crippen molar-refractivity contribution in [3.63, 3.8) is 0 Å². The lowest BCUT2D eigenvalue weighted by atomic mass is 10.2. The van der Waals surface area contributed by atoms with Gasteiger partial charge >= 0.3 is 0 Å². The van der Waals surface area contributed by atoms with Gasteiger partial charge in [0.15, 0.2) is 12.3 Å². The number of nitrogens with one attached hydrogen (secondary N) is 1. The number of ether oxygens (including phenoxy) is 1. The largest absolute Gasteiger partial charge is 0.484 e. The molecule has 8 nitrogen and oxygen atoms in total. The van der Waals surface area contributed by atoms with Gasteiger partial charge in [0, 0.05) is 11.0 Å². The topological polar surface area (TPSA) is 91.0 Å². The number of carbonyl (C=O) groups is 1. The van der Waals surface area contributed by atoms with Crippen molar-refractivity contribution in [2.75, 3.05) is 13.2 Å². The third-order valence-corrected chi connectivity index (χ3v) is 5.45. The molecule has 0 unspecified atom stereocenters. The number of halogens is 1. The zero-order valence-electron chi connectivity index (χ0n) is 17.5. The molecule has 164 valence electrons. The molecule has 9 heteroatoms. The second-order valence-corrected chi connectivity index (χ2v) is 8.28. The van der Waals surface area contributed by atoms with Crippen LogP contribution in [0.5, 0.6) is 5.75 Å². The minimum Gasteiger partial charge on any atom is -0.484 e. The molecule has 2 aromatic carbocycles. The lowest BCUT2D eigenvalue weighted by molar-refractivity contribution is -0.123. The first-order valence-corrected chi connectivity index (χ1v) is 10.9. The van der Waals surface area contributed by atoms with Crippen molar-refractivity contribution >= 4 is 32.9 Å². The molecule has 0 saturated heterocycles. The SMILES string of the molecule is Cc1ccc(OCC(=O)NCCn2ncc3c(=O)n(Cc4ccc(Br)cc4)cnc32)cc1. The standard InChI is InChI=1S/C23H22BrN5O3/c1-16-2-8-19(9-3-16)32-14-21(30)25-10-11-29-22-20(12-27-29)23(31)28(15-26-22)13-17-4-6-18(24)7-5-17/h2-9,12,15H,10-11,13-14H2,1H3,(H,25,30). The van der Waals surface area contributed by atoms with Crippen LogP contribution in [0.25, 0.3) is 11.0 Å². The van der Waals surface area contributed by atoms with Crippen molar-refractivity contribution in [3.8, 4) is 5.75 Å². The van der Waals surface area contributed by atoms with Crippen LogP contribution >= 0.6 is 15.9 Å². The predicted octanol–water partition coefficient (Wildman–Crippen LogP) is 2.91. The second-order valence-electron chi connectivity index (χ2n) is 7.36. The van der Waals surface area contributed by atoms with Crippen molar-refractivity contribution in [2.24, 2.45) is 0 Å². The molecule has 2 aromatic heterocycles. The van der Waals surface area contributed by atoms with E-state index in [2.05, 4.69) is 31.3 Å². The fourth-order valence-corrected chi connectivity index (χ4v) is 3.46. The van der Waals surface area contributed by atoms with Crippen molar-refractivity contribution < 1.29 is 9.53 Å². The minimum absolute atomic E-state index is 0.0675. The van der Waals surface area contributed by atoms with E-state index in [1.54, 1.807) is 9.25 Å². The van der Waals surface area contributed by atoms with Crippen molar-refractivity contribution in [1.29, 1.82) is 0 Å². The highest BCUT2D eigenvalue weighted by molar-refractivity contribution is 9.10. The van der Waals surface area contributed by atoms with Crippen LogP contribution in [0.1, 0.15) is 11.1 Å². The summed E-state index contributed by atoms with van der Waals surface area (Å²) in [5.74, 6) is 0.416. The Morgan fingerprint density at radius 1 is 1.12 bits per heavy atom. The number of aromatic nitrogens is 4. The van der Waals surface area contributed by atoms with E-state index in [1.165, 1.54) is 12.5 Å². The maximum Gasteiger partial charge on any atom is 0.264 e. The first-order chi connectivity index (χ1) is 15.5. The van der Waals surface area contributed by atoms with E-state index in [1.807, 2.05) is 55.5 Å². The molecular formula is C23H22BrN5O3. The Balaban J connectivity index is 1.34. The van der Waals surface area contributed by atoms with Crippen molar-refractivity contribution in [3.05, 3.63) is 87.0 Å². The van der Waals surface area contributed by atoms with E-state index in [0.717, 1.165) is 15.6 Å². The van der Waals surface area contributed by atoms with Crippen LogP contribution in [0, 0.1) is 6.92 Å². The molecular weight excluding hydrogens is 474 g/mol. The molecule has 32 heavy (non-hydrogen) atoms. The van der Waals surface area contributed by atoms with E-state index in [0.29, 0.717) is 36.4 Å². The van der Waals surface area contributed by atoms with Gasteiger partial charge in [-0.2, -0.15) is 5.10 Å². The number of aryl methyl sites for hydroxylation is 1. The number of fused-ring (bicyclic) bond motifs is 1. The average Bonchev–Trinajstić information content (AvgIpc) is 3.20. The number of hydrogen-bond acceptors (Lipinski definition) is 5. The Hall–Kier alpha value is -3.46. The van der Waals surface area contributed by atoms with Crippen molar-refractivity contribution in [2.45, 2.75) is 20.0 Å². The summed E-state index contributed by atoms with van der Waals surface area (Å²) in [6, 6.07) is 15.3. The summed E-state index contributed by atoms with van der Waals surface area (Å²) in [4.78, 5) is 29.3. The smallest absolute Gasteiger partial charge is 0.264 e. The first-order valence-electron chi connectivity index (χ1n) is 10.1. The summed E-state index contributed by atoms with van der Waals surface area (Å²) >= 11 is 3.41. The molecule has 4 aromatic rings. The number of hydrogen-bond donors (Lipinski definition) is 1. The van der Waals surface area contributed by atoms with Gasteiger partial charge in [-0.1, -0.05) is 45.8 Å². The highest BCUT2D eigenvalue weighted by Gasteiger charge is 2.11. The Kier molecular flexibility index (Phi) is 6.65. The predicted molar refractivity (Wildman–Crippen MR) is 125 cm³/mol. The first kappa shape index (κ1) is 21.8. The lowest BCUT2D eigenvalue weighted by Crippen LogP contribution is -2.31. The molecule has 0 atom stereocenters. The zero-order chi connectivity index (χ0) is 22.5. The molecule has 0 fully saturated rings. The second kappa shape index (κ2) is 9.78. The van der Waals surface area contributed by atoms with Gasteiger partial charge in [-0.15, -0.1) is 0 Å². The van der Waals surface area contributed by atoms with Crippen LogP contribution in [0.3, 0.4) is 0 Å². The molecule has 1 amide bonds. The molecule has 0 aliphatic carbocycles. The van der Waals surface area contributed by atoms with Crippen LogP contribution in [0.15, 0.2) is 70.3 Å². The number of benzene rings is 2. The fraction of sp³-hybridized carbons (Fsp3) is 0.217. The Morgan fingerprint density at radius 2 is 1.88 bits per heavy atom. The minimum atomic E-state index is -0.230. The average molecular weight is 496 g/mol. The molecule has 0 aliphatic rings. The third kappa shape index (κ3) is 5.23. The van der Waals surface area contributed by atoms with Crippen molar-refractivity contribution in [1.82, 2.24) is 24.6 Å². The van der Waals surface area contributed by atoms with Crippen LogP contribution in [-0.4, -0.2) is 38.4 Å². The summed E-state index contributed by atoms with van der Waals surface area (Å²) in [6.07, 6.45) is 3.05. The summed E-state index contributed by atoms with van der Waals surface area (Å²) < 4.78 is 9.63. The molecule has 0 bridgehead atoms. The van der Waals surface area contributed by atoms with Crippen LogP contribution in [0.2, 0.25) is 0 Å². The monoisotopic (exact) mass is 495 g/mol. The highest BCUT2D eigenvalue weighted by atomic mass is 79.9. The van der Waals surface area contributed by atoms with Gasteiger partial charge in [0.2, 0.25) is 0 Å². The van der Waals surface area contributed by atoms with Gasteiger partial charge in [-0.3, -0.25) is 14.2 Å². The lowest BCUT2D eigenvalue weighted by Gasteiger charge is -2.09. The van der Waals surface area contributed by atoms with E-state index in [-0.39, 0.29) is 18.1 Å². The normalized spacial score (nSPS) is 10.9. The van der Waals surface area contributed by atoms with E-state index >= 15 is 0 Å². The zero-order valence-corrected chi connectivity index (χ0v) is 19.1. The Bertz CT molecular complexity index is 1280. The third-order valence-electron chi connectivity index (χ3n) is 4.93. The van der Waals surface area contributed by atoms with Crippen LogP contribution < -0.4 is 15.6 Å². The van der Waals surface area contributed by atoms with E-state index in [4.69, 9.17) is 4.74 Å². The summed E-state index contributed by atoms with van der Waals surface area (Å²) in [5.41, 5.74) is 2.47. The van der Waals surface area contributed by atoms with Gasteiger partial charge in [0.05, 0.1) is 19.3 Å². The van der Waals surface area contributed by atoms with Crippen LogP contribution in [-0.2, 0) is 17.9 Å². The van der Waals surface area contributed by atoms with Gasteiger partial charge < -0.3 is 10.1 Å². The highest BCUT2D eigenvalue weighted by Crippen LogP contribution is 2.12. The maximum atomic E-state index is 12.8. The number of amides is 1. The molecule has 0 spiro atoms. The van der Waals surface area contributed by atoms with Gasteiger partial charge in [0.1, 0.15) is 17.5 Å². The number of rotatable bonds is 8. The van der Waals surface area contributed by atoms with Crippen LogP contribution in [0.4, 0.5) is 0 Å². The molecule has 4 rings (SSSR count). The van der Waals surface area contributed by atoms with E-state index < -0.39 is 0 Å². The number of carbonyl (C=O) groups excluding carboxylic acids is 1. The molecule has 0 saturated carbocycles. The molecule has 1 N–H and O–H groups in total. The van der Waals surface area contributed by atoms with E-state index in [9.17, 15) is 9.59 Å². The quantitative estimate of drug-likeness (QED) is 0.405. The van der Waals surface area contributed by atoms with Gasteiger partial charge in [0.25, 0.3) is 11.5 Å². The Labute approximate surface area is 193 Å². The Morgan fingerprint density at radius 3 is 2.62 bits per heavy atom. The maximum absolute atomic E-state index is 12.8. The van der Waals surface area contributed by atoms with Gasteiger partial charge in [-0.25, -0.2) is 9.67 Å². The fourth-order valence-electron chi connectivity index (χ4n) is 3.20. The summed E-state index contributed by atoms with van der Waals surface area (Å²) in [7, 11) is 0. The molecule has 0 aliphatic heterocycles.